The van der Waals surface area contributed by atoms with E-state index < -0.39 is 0 Å². The van der Waals surface area contributed by atoms with Crippen LogP contribution in [0.4, 0.5) is 0 Å². The maximum absolute atomic E-state index is 12.8. The highest BCUT2D eigenvalue weighted by Gasteiger charge is 2.22. The Hall–Kier alpha value is -2.31. The van der Waals surface area contributed by atoms with Crippen molar-refractivity contribution in [1.29, 1.82) is 0 Å². The fraction of sp³-hybridized carbons (Fsp3) is 0.250. The maximum Gasteiger partial charge on any atom is 0.251 e. The summed E-state index contributed by atoms with van der Waals surface area (Å²) >= 11 is 7.62. The van der Waals surface area contributed by atoms with Crippen LogP contribution in [0.3, 0.4) is 0 Å². The van der Waals surface area contributed by atoms with Crippen LogP contribution in [0.1, 0.15) is 35.3 Å². The summed E-state index contributed by atoms with van der Waals surface area (Å²) in [6.07, 6.45) is 1.47. The lowest BCUT2D eigenvalue weighted by Crippen LogP contribution is -2.37. The quantitative estimate of drug-likeness (QED) is 0.574. The monoisotopic (exact) mass is 400 g/mol. The van der Waals surface area contributed by atoms with Gasteiger partial charge in [0.25, 0.3) is 5.91 Å². The molecule has 1 amide bonds. The van der Waals surface area contributed by atoms with Crippen molar-refractivity contribution in [1.82, 2.24) is 20.5 Å². The van der Waals surface area contributed by atoms with Gasteiger partial charge in [-0.25, -0.2) is 4.98 Å². The summed E-state index contributed by atoms with van der Waals surface area (Å²) in [5.74, 6) is 0.551. The first kappa shape index (κ1) is 19.5. The van der Waals surface area contributed by atoms with E-state index in [0.29, 0.717) is 22.9 Å². The van der Waals surface area contributed by atoms with E-state index in [9.17, 15) is 4.79 Å². The Balaban J connectivity index is 1.67. The predicted molar refractivity (Wildman–Crippen MR) is 109 cm³/mol. The van der Waals surface area contributed by atoms with Gasteiger partial charge in [0.2, 0.25) is 0 Å². The summed E-state index contributed by atoms with van der Waals surface area (Å²) in [4.78, 5) is 16.9. The molecule has 0 spiro atoms. The van der Waals surface area contributed by atoms with Gasteiger partial charge in [-0.3, -0.25) is 9.89 Å². The molecular formula is C20H21ClN4OS. The molecule has 1 aromatic heterocycles. The normalized spacial score (nSPS) is 11.4. The number of nitrogens with one attached hydrogen (secondary N) is 2. The van der Waals surface area contributed by atoms with Crippen molar-refractivity contribution >= 4 is 29.3 Å². The Morgan fingerprint density at radius 2 is 2.04 bits per heavy atom. The molecule has 0 aliphatic rings. The van der Waals surface area contributed by atoms with Crippen LogP contribution in [0.25, 0.3) is 0 Å². The van der Waals surface area contributed by atoms with E-state index in [1.54, 1.807) is 0 Å². The Kier molecular flexibility index (Phi) is 6.19. The van der Waals surface area contributed by atoms with Crippen LogP contribution in [0.2, 0.25) is 5.02 Å². The minimum absolute atomic E-state index is 0.0844. The number of hydrogen-bond donors (Lipinski definition) is 2. The number of aromatic amines is 1. The number of nitrogens with zero attached hydrogens (tertiary/aromatic N) is 2. The Bertz CT molecular complexity index is 912. The first-order valence-corrected chi connectivity index (χ1v) is 9.92. The fourth-order valence-electron chi connectivity index (χ4n) is 2.69. The Morgan fingerprint density at radius 3 is 2.78 bits per heavy atom. The lowest BCUT2D eigenvalue weighted by Gasteiger charge is -2.26. The number of carbonyl (C=O) groups excluding carboxylic acids is 1. The Morgan fingerprint density at radius 1 is 1.22 bits per heavy atom. The van der Waals surface area contributed by atoms with Gasteiger partial charge in [0, 0.05) is 28.3 Å². The molecule has 0 aliphatic heterocycles. The number of rotatable bonds is 7. The van der Waals surface area contributed by atoms with Crippen molar-refractivity contribution in [2.24, 2.45) is 0 Å². The molecule has 0 saturated carbocycles. The van der Waals surface area contributed by atoms with E-state index in [4.69, 9.17) is 11.6 Å². The largest absolute Gasteiger partial charge is 0.351 e. The van der Waals surface area contributed by atoms with Crippen LogP contribution in [0, 0.1) is 0 Å². The van der Waals surface area contributed by atoms with Crippen LogP contribution in [-0.4, -0.2) is 27.6 Å². The molecule has 1 heterocycles. The maximum atomic E-state index is 12.8. The predicted octanol–water partition coefficient (Wildman–Crippen LogP) is 4.46. The summed E-state index contributed by atoms with van der Waals surface area (Å²) in [6.45, 7) is 4.69. The van der Waals surface area contributed by atoms with Crippen LogP contribution in [0.5, 0.6) is 0 Å². The van der Waals surface area contributed by atoms with Crippen molar-refractivity contribution in [3.05, 3.63) is 76.6 Å². The zero-order valence-corrected chi connectivity index (χ0v) is 16.8. The van der Waals surface area contributed by atoms with E-state index in [0.717, 1.165) is 16.3 Å². The van der Waals surface area contributed by atoms with E-state index in [-0.39, 0.29) is 11.3 Å². The first-order chi connectivity index (χ1) is 13.0. The number of aromatic nitrogens is 3. The van der Waals surface area contributed by atoms with E-state index in [2.05, 4.69) is 34.3 Å². The third-order valence-corrected chi connectivity index (χ3v) is 5.48. The molecule has 3 rings (SSSR count). The van der Waals surface area contributed by atoms with Gasteiger partial charge in [0.1, 0.15) is 6.33 Å². The second kappa shape index (κ2) is 8.59. The fourth-order valence-corrected chi connectivity index (χ4v) is 3.66. The molecule has 0 bridgehead atoms. The molecule has 2 aromatic carbocycles. The highest BCUT2D eigenvalue weighted by Crippen LogP contribution is 2.25. The SMILES string of the molecule is CC(C)(CNC(=O)c1ccccc1CSc1ncn[nH]1)c1cccc(Cl)c1. The first-order valence-electron chi connectivity index (χ1n) is 8.56. The molecule has 7 heteroatoms. The van der Waals surface area contributed by atoms with Gasteiger partial charge in [0.05, 0.1) is 0 Å². The molecule has 3 aromatic rings. The van der Waals surface area contributed by atoms with E-state index >= 15 is 0 Å². The zero-order valence-electron chi connectivity index (χ0n) is 15.2. The molecule has 5 nitrogen and oxygen atoms in total. The van der Waals surface area contributed by atoms with Gasteiger partial charge in [-0.1, -0.05) is 67.5 Å². The molecule has 0 aliphatic carbocycles. The van der Waals surface area contributed by atoms with Gasteiger partial charge in [-0.05, 0) is 29.3 Å². The van der Waals surface area contributed by atoms with Gasteiger partial charge >= 0.3 is 0 Å². The molecule has 0 saturated heterocycles. The van der Waals surface area contributed by atoms with E-state index in [1.165, 1.54) is 18.1 Å². The molecule has 0 fully saturated rings. The van der Waals surface area contributed by atoms with Crippen LogP contribution < -0.4 is 5.32 Å². The topological polar surface area (TPSA) is 70.7 Å². The number of amides is 1. The highest BCUT2D eigenvalue weighted by molar-refractivity contribution is 7.98. The minimum atomic E-state index is -0.232. The lowest BCUT2D eigenvalue weighted by atomic mass is 9.84. The molecule has 0 radical (unpaired) electrons. The minimum Gasteiger partial charge on any atom is -0.351 e. The standard InChI is InChI=1S/C20H21ClN4OS/c1-20(2,15-7-5-8-16(21)10-15)12-22-18(26)17-9-4-3-6-14(17)11-27-19-23-13-24-25-19/h3-10,13H,11-12H2,1-2H3,(H,22,26)(H,23,24,25). The van der Waals surface area contributed by atoms with Crippen molar-refractivity contribution in [3.8, 4) is 0 Å². The second-order valence-corrected chi connectivity index (χ2v) is 8.21. The molecule has 27 heavy (non-hydrogen) atoms. The average molecular weight is 401 g/mol. The van der Waals surface area contributed by atoms with Crippen LogP contribution in [0.15, 0.2) is 60.0 Å². The lowest BCUT2D eigenvalue weighted by molar-refractivity contribution is 0.0945. The van der Waals surface area contributed by atoms with Crippen molar-refractivity contribution in [2.45, 2.75) is 30.2 Å². The number of thioether (sulfide) groups is 1. The summed E-state index contributed by atoms with van der Waals surface area (Å²) in [6, 6.07) is 15.4. The van der Waals surface area contributed by atoms with Gasteiger partial charge in [0.15, 0.2) is 5.16 Å². The van der Waals surface area contributed by atoms with Gasteiger partial charge in [-0.2, -0.15) is 5.10 Å². The summed E-state index contributed by atoms with van der Waals surface area (Å²) in [5.41, 5.74) is 2.48. The van der Waals surface area contributed by atoms with Crippen molar-refractivity contribution < 1.29 is 4.79 Å². The average Bonchev–Trinajstić information content (AvgIpc) is 3.18. The van der Waals surface area contributed by atoms with Crippen LogP contribution in [-0.2, 0) is 11.2 Å². The number of carbonyl (C=O) groups is 1. The zero-order chi connectivity index (χ0) is 19.3. The Labute approximate surface area is 167 Å². The molecular weight excluding hydrogens is 380 g/mol. The third kappa shape index (κ3) is 5.11. The number of benzene rings is 2. The summed E-state index contributed by atoms with van der Waals surface area (Å²) in [5, 5.41) is 11.1. The molecule has 0 atom stereocenters. The van der Waals surface area contributed by atoms with Crippen molar-refractivity contribution in [2.75, 3.05) is 6.54 Å². The number of halogens is 1. The smallest absolute Gasteiger partial charge is 0.251 e. The van der Waals surface area contributed by atoms with Gasteiger partial charge < -0.3 is 5.32 Å². The molecule has 2 N–H and O–H groups in total. The van der Waals surface area contributed by atoms with Gasteiger partial charge in [-0.15, -0.1) is 0 Å². The number of H-pyrrole nitrogens is 1. The third-order valence-electron chi connectivity index (χ3n) is 4.32. The summed E-state index contributed by atoms with van der Waals surface area (Å²) in [7, 11) is 0. The molecule has 140 valence electrons. The van der Waals surface area contributed by atoms with E-state index in [1.807, 2.05) is 48.5 Å². The van der Waals surface area contributed by atoms with Crippen molar-refractivity contribution in [3.63, 3.8) is 0 Å². The molecule has 0 unspecified atom stereocenters. The summed E-state index contributed by atoms with van der Waals surface area (Å²) < 4.78 is 0. The number of hydrogen-bond acceptors (Lipinski definition) is 4. The highest BCUT2D eigenvalue weighted by atomic mass is 35.5. The second-order valence-electron chi connectivity index (χ2n) is 6.81. The van der Waals surface area contributed by atoms with Crippen LogP contribution >= 0.6 is 23.4 Å².